The number of carbonyl (C=O) groups excluding carboxylic acids is 1. The van der Waals surface area contributed by atoms with Gasteiger partial charge in [0.05, 0.1) is 12.7 Å². The lowest BCUT2D eigenvalue weighted by Gasteiger charge is -2.09. The maximum absolute atomic E-state index is 13.3. The van der Waals surface area contributed by atoms with Gasteiger partial charge in [-0.1, -0.05) is 0 Å². The summed E-state index contributed by atoms with van der Waals surface area (Å²) in [5, 5.41) is 8.78. The molecule has 0 fully saturated rings. The smallest absolute Gasteiger partial charge is 0.323 e. The first-order chi connectivity index (χ1) is 8.08. The van der Waals surface area contributed by atoms with Crippen molar-refractivity contribution in [3.63, 3.8) is 0 Å². The van der Waals surface area contributed by atoms with Crippen LogP contribution in [0.4, 0.5) is 8.78 Å². The highest BCUT2D eigenvalue weighted by Gasteiger charge is 2.21. The van der Waals surface area contributed by atoms with Gasteiger partial charge in [0.1, 0.15) is 17.6 Å². The molecule has 1 unspecified atom stereocenters. The molecule has 1 aromatic rings. The molecule has 0 radical (unpaired) electrons. The second-order valence-corrected chi connectivity index (χ2v) is 3.37. The van der Waals surface area contributed by atoms with Crippen molar-refractivity contribution in [2.45, 2.75) is 13.3 Å². The van der Waals surface area contributed by atoms with E-state index < -0.39 is 23.5 Å². The van der Waals surface area contributed by atoms with Crippen LogP contribution in [0.25, 0.3) is 0 Å². The SMILES string of the molecule is CCOC(=O)C(C#N)Cc1cc(F)ccc1F. The lowest BCUT2D eigenvalue weighted by molar-refractivity contribution is -0.145. The quantitative estimate of drug-likeness (QED) is 0.757. The van der Waals surface area contributed by atoms with Crippen LogP contribution in [0.1, 0.15) is 12.5 Å². The second-order valence-electron chi connectivity index (χ2n) is 3.37. The number of carbonyl (C=O) groups is 1. The van der Waals surface area contributed by atoms with Gasteiger partial charge >= 0.3 is 5.97 Å². The van der Waals surface area contributed by atoms with E-state index in [4.69, 9.17) is 5.26 Å². The predicted octanol–water partition coefficient (Wildman–Crippen LogP) is 2.21. The maximum atomic E-state index is 13.3. The predicted molar refractivity (Wildman–Crippen MR) is 55.8 cm³/mol. The van der Waals surface area contributed by atoms with Crippen molar-refractivity contribution >= 4 is 5.97 Å². The summed E-state index contributed by atoms with van der Waals surface area (Å²) in [7, 11) is 0. The molecular formula is C12H11F2NO2. The van der Waals surface area contributed by atoms with Gasteiger partial charge in [0.2, 0.25) is 0 Å². The summed E-state index contributed by atoms with van der Waals surface area (Å²) < 4.78 is 30.8. The fourth-order valence-electron chi connectivity index (χ4n) is 1.34. The van der Waals surface area contributed by atoms with Crippen LogP contribution in [0, 0.1) is 28.9 Å². The lowest BCUT2D eigenvalue weighted by atomic mass is 10.0. The highest BCUT2D eigenvalue weighted by Crippen LogP contribution is 2.15. The third kappa shape index (κ3) is 3.52. The summed E-state index contributed by atoms with van der Waals surface area (Å²) in [6, 6.07) is 4.63. The summed E-state index contributed by atoms with van der Waals surface area (Å²) in [4.78, 5) is 11.3. The minimum Gasteiger partial charge on any atom is -0.465 e. The number of hydrogen-bond donors (Lipinski definition) is 0. The first kappa shape index (κ1) is 13.1. The van der Waals surface area contributed by atoms with Gasteiger partial charge in [-0.2, -0.15) is 5.26 Å². The average Bonchev–Trinajstić information content (AvgIpc) is 2.30. The van der Waals surface area contributed by atoms with Gasteiger partial charge in [0, 0.05) is 6.42 Å². The molecule has 0 heterocycles. The molecule has 1 aromatic carbocycles. The van der Waals surface area contributed by atoms with Crippen molar-refractivity contribution in [2.75, 3.05) is 6.61 Å². The number of nitrogens with zero attached hydrogens (tertiary/aromatic N) is 1. The molecular weight excluding hydrogens is 228 g/mol. The van der Waals surface area contributed by atoms with Gasteiger partial charge in [-0.15, -0.1) is 0 Å². The van der Waals surface area contributed by atoms with Crippen molar-refractivity contribution < 1.29 is 18.3 Å². The van der Waals surface area contributed by atoms with Crippen molar-refractivity contribution in [3.8, 4) is 6.07 Å². The zero-order valence-corrected chi connectivity index (χ0v) is 9.24. The Morgan fingerprint density at radius 2 is 2.24 bits per heavy atom. The van der Waals surface area contributed by atoms with Crippen LogP contribution in [0.3, 0.4) is 0 Å². The van der Waals surface area contributed by atoms with E-state index in [1.54, 1.807) is 13.0 Å². The molecule has 0 saturated carbocycles. The Labute approximate surface area is 97.6 Å². The molecule has 0 aromatic heterocycles. The van der Waals surface area contributed by atoms with Gasteiger partial charge < -0.3 is 4.74 Å². The fraction of sp³-hybridized carbons (Fsp3) is 0.333. The molecule has 17 heavy (non-hydrogen) atoms. The molecule has 0 bridgehead atoms. The van der Waals surface area contributed by atoms with E-state index in [0.29, 0.717) is 0 Å². The Hall–Kier alpha value is -1.96. The summed E-state index contributed by atoms with van der Waals surface area (Å²) in [6.07, 6.45) is -0.196. The first-order valence-corrected chi connectivity index (χ1v) is 5.08. The van der Waals surface area contributed by atoms with Crippen LogP contribution in [-0.2, 0) is 16.0 Å². The summed E-state index contributed by atoms with van der Waals surface area (Å²) in [5.41, 5.74) is -0.00963. The Morgan fingerprint density at radius 3 is 2.82 bits per heavy atom. The van der Waals surface area contributed by atoms with Crippen LogP contribution < -0.4 is 0 Å². The molecule has 0 aliphatic carbocycles. The summed E-state index contributed by atoms with van der Waals surface area (Å²) in [5.74, 6) is -3.09. The van der Waals surface area contributed by atoms with Crippen LogP contribution in [0.5, 0.6) is 0 Å². The Morgan fingerprint density at radius 1 is 1.53 bits per heavy atom. The third-order valence-corrected chi connectivity index (χ3v) is 2.16. The molecule has 0 saturated heterocycles. The Balaban J connectivity index is 2.85. The summed E-state index contributed by atoms with van der Waals surface area (Å²) in [6.45, 7) is 1.75. The minimum atomic E-state index is -1.12. The van der Waals surface area contributed by atoms with Gasteiger partial charge in [-0.05, 0) is 30.7 Å². The second kappa shape index (κ2) is 5.94. The van der Waals surface area contributed by atoms with E-state index in [2.05, 4.69) is 4.74 Å². The first-order valence-electron chi connectivity index (χ1n) is 5.08. The largest absolute Gasteiger partial charge is 0.465 e. The zero-order valence-electron chi connectivity index (χ0n) is 9.24. The number of benzene rings is 1. The summed E-state index contributed by atoms with van der Waals surface area (Å²) >= 11 is 0. The molecule has 0 aliphatic heterocycles. The molecule has 1 rings (SSSR count). The number of rotatable bonds is 4. The van der Waals surface area contributed by atoms with E-state index in [1.165, 1.54) is 0 Å². The highest BCUT2D eigenvalue weighted by atomic mass is 19.1. The maximum Gasteiger partial charge on any atom is 0.323 e. The number of esters is 1. The van der Waals surface area contributed by atoms with Crippen molar-refractivity contribution in [2.24, 2.45) is 5.92 Å². The number of nitriles is 1. The van der Waals surface area contributed by atoms with Crippen molar-refractivity contribution in [3.05, 3.63) is 35.4 Å². The van der Waals surface area contributed by atoms with Crippen LogP contribution in [-0.4, -0.2) is 12.6 Å². The fourth-order valence-corrected chi connectivity index (χ4v) is 1.34. The number of hydrogen-bond acceptors (Lipinski definition) is 3. The van der Waals surface area contributed by atoms with Crippen LogP contribution >= 0.6 is 0 Å². The van der Waals surface area contributed by atoms with Crippen LogP contribution in [0.2, 0.25) is 0 Å². The van der Waals surface area contributed by atoms with Crippen molar-refractivity contribution in [1.29, 1.82) is 5.26 Å². The lowest BCUT2D eigenvalue weighted by Crippen LogP contribution is -2.19. The standard InChI is InChI=1S/C12H11F2NO2/c1-2-17-12(16)9(7-15)5-8-6-10(13)3-4-11(8)14/h3-4,6,9H,2,5H2,1H3. The van der Waals surface area contributed by atoms with Gasteiger partial charge in [0.25, 0.3) is 0 Å². The molecule has 0 spiro atoms. The van der Waals surface area contributed by atoms with E-state index in [9.17, 15) is 13.6 Å². The molecule has 0 amide bonds. The molecule has 0 N–H and O–H groups in total. The minimum absolute atomic E-state index is 0.00963. The zero-order chi connectivity index (χ0) is 12.8. The Kier molecular flexibility index (Phi) is 4.58. The Bertz CT molecular complexity index is 454. The van der Waals surface area contributed by atoms with E-state index in [0.717, 1.165) is 18.2 Å². The number of ether oxygens (including phenoxy) is 1. The highest BCUT2D eigenvalue weighted by molar-refractivity contribution is 5.75. The molecule has 0 aliphatic rings. The molecule has 3 nitrogen and oxygen atoms in total. The molecule has 90 valence electrons. The van der Waals surface area contributed by atoms with E-state index in [-0.39, 0.29) is 18.6 Å². The average molecular weight is 239 g/mol. The normalized spacial score (nSPS) is 11.6. The molecule has 5 heteroatoms. The van der Waals surface area contributed by atoms with Gasteiger partial charge in [-0.25, -0.2) is 8.78 Å². The van der Waals surface area contributed by atoms with E-state index in [1.807, 2.05) is 0 Å². The monoisotopic (exact) mass is 239 g/mol. The van der Waals surface area contributed by atoms with Crippen molar-refractivity contribution in [1.82, 2.24) is 0 Å². The van der Waals surface area contributed by atoms with E-state index >= 15 is 0 Å². The van der Waals surface area contributed by atoms with Crippen LogP contribution in [0.15, 0.2) is 18.2 Å². The topological polar surface area (TPSA) is 50.1 Å². The number of halogens is 2. The molecule has 1 atom stereocenters. The van der Waals surface area contributed by atoms with Gasteiger partial charge in [0.15, 0.2) is 0 Å². The third-order valence-electron chi connectivity index (χ3n) is 2.16. The van der Waals surface area contributed by atoms with Gasteiger partial charge in [-0.3, -0.25) is 4.79 Å².